The minimum absolute atomic E-state index is 0.337. The van der Waals surface area contributed by atoms with Crippen LogP contribution >= 0.6 is 0 Å². The first-order chi connectivity index (χ1) is 17.8. The number of nitrogens with zero attached hydrogens (tertiary/aromatic N) is 5. The molecule has 0 saturated heterocycles. The first-order valence-electron chi connectivity index (χ1n) is 11.6. The Bertz CT molecular complexity index is 2030. The van der Waals surface area contributed by atoms with Gasteiger partial charge in [-0.1, -0.05) is 54.6 Å². The Morgan fingerprint density at radius 1 is 0.528 bits per heavy atom. The third-order valence-electron chi connectivity index (χ3n) is 6.78. The van der Waals surface area contributed by atoms with Crippen LogP contribution in [-0.2, 0) is 0 Å². The van der Waals surface area contributed by atoms with Crippen molar-refractivity contribution in [3.8, 4) is 23.6 Å². The number of fused-ring (bicyclic) bond motifs is 6. The molecule has 5 heteroatoms. The minimum atomic E-state index is 0.337. The van der Waals surface area contributed by atoms with Crippen LogP contribution in [0.5, 0.6) is 0 Å². The molecule has 0 aliphatic rings. The van der Waals surface area contributed by atoms with Crippen molar-refractivity contribution in [2.75, 3.05) is 0 Å². The van der Waals surface area contributed by atoms with Crippen molar-refractivity contribution in [1.82, 2.24) is 14.1 Å². The molecule has 0 amide bonds. The maximum Gasteiger partial charge on any atom is 0.145 e. The Labute approximate surface area is 206 Å². The molecule has 36 heavy (non-hydrogen) atoms. The van der Waals surface area contributed by atoms with Crippen molar-refractivity contribution in [3.63, 3.8) is 0 Å². The number of para-hydroxylation sites is 3. The lowest BCUT2D eigenvalue weighted by molar-refractivity contribution is 1.04. The van der Waals surface area contributed by atoms with E-state index >= 15 is 0 Å². The maximum absolute atomic E-state index is 9.94. The van der Waals surface area contributed by atoms with Gasteiger partial charge in [0.2, 0.25) is 0 Å². The fourth-order valence-electron chi connectivity index (χ4n) is 5.29. The van der Waals surface area contributed by atoms with Crippen LogP contribution in [0.25, 0.3) is 55.1 Å². The molecule has 0 saturated carbocycles. The fourth-order valence-corrected chi connectivity index (χ4v) is 5.29. The van der Waals surface area contributed by atoms with E-state index in [1.165, 1.54) is 0 Å². The number of aromatic nitrogens is 3. The zero-order valence-corrected chi connectivity index (χ0v) is 19.1. The van der Waals surface area contributed by atoms with Crippen LogP contribution in [0.1, 0.15) is 11.3 Å². The molecule has 166 valence electrons. The molecule has 3 aromatic heterocycles. The van der Waals surface area contributed by atoms with Crippen LogP contribution in [-0.4, -0.2) is 14.1 Å². The van der Waals surface area contributed by atoms with Crippen LogP contribution in [0, 0.1) is 22.7 Å². The molecule has 0 N–H and O–H groups in total. The summed E-state index contributed by atoms with van der Waals surface area (Å²) in [7, 11) is 0. The van der Waals surface area contributed by atoms with Crippen LogP contribution < -0.4 is 0 Å². The number of nitriles is 2. The van der Waals surface area contributed by atoms with Crippen molar-refractivity contribution in [2.45, 2.75) is 0 Å². The summed E-state index contributed by atoms with van der Waals surface area (Å²) in [5, 5.41) is 23.7. The second-order valence-corrected chi connectivity index (χ2v) is 8.75. The Morgan fingerprint density at radius 2 is 1.08 bits per heavy atom. The van der Waals surface area contributed by atoms with E-state index in [1.54, 1.807) is 0 Å². The van der Waals surface area contributed by atoms with E-state index in [4.69, 9.17) is 4.98 Å². The Balaban J connectivity index is 1.59. The van der Waals surface area contributed by atoms with Gasteiger partial charge in [0.05, 0.1) is 39.4 Å². The molecule has 0 fully saturated rings. The first kappa shape index (κ1) is 20.0. The highest BCUT2D eigenvalue weighted by Gasteiger charge is 2.17. The number of rotatable bonds is 2. The monoisotopic (exact) mass is 459 g/mol. The first-order valence-corrected chi connectivity index (χ1v) is 11.6. The fraction of sp³-hybridized carbons (Fsp3) is 0. The van der Waals surface area contributed by atoms with E-state index in [2.05, 4.69) is 57.7 Å². The molecule has 4 aromatic carbocycles. The predicted molar refractivity (Wildman–Crippen MR) is 142 cm³/mol. The van der Waals surface area contributed by atoms with Gasteiger partial charge >= 0.3 is 0 Å². The molecular formula is C31H17N5. The quantitative estimate of drug-likeness (QED) is 0.279. The number of hydrogen-bond donors (Lipinski definition) is 0. The minimum Gasteiger partial charge on any atom is -0.309 e. The van der Waals surface area contributed by atoms with E-state index < -0.39 is 0 Å². The van der Waals surface area contributed by atoms with Crippen molar-refractivity contribution < 1.29 is 0 Å². The van der Waals surface area contributed by atoms with Crippen LogP contribution in [0.3, 0.4) is 0 Å². The summed E-state index contributed by atoms with van der Waals surface area (Å²) in [5.74, 6) is 0.682. The zero-order valence-electron chi connectivity index (χ0n) is 19.1. The Kier molecular flexibility index (Phi) is 4.21. The van der Waals surface area contributed by atoms with E-state index in [9.17, 15) is 10.5 Å². The average molecular weight is 460 g/mol. The second kappa shape index (κ2) is 7.56. The van der Waals surface area contributed by atoms with Crippen molar-refractivity contribution in [2.24, 2.45) is 0 Å². The highest BCUT2D eigenvalue weighted by atomic mass is 15.1. The summed E-state index contributed by atoms with van der Waals surface area (Å²) in [4.78, 5) is 4.74. The summed E-state index contributed by atoms with van der Waals surface area (Å²) < 4.78 is 4.27. The van der Waals surface area contributed by atoms with E-state index in [-0.39, 0.29) is 0 Å². The van der Waals surface area contributed by atoms with E-state index in [0.29, 0.717) is 17.1 Å². The molecule has 5 nitrogen and oxygen atoms in total. The van der Waals surface area contributed by atoms with Crippen LogP contribution in [0.2, 0.25) is 0 Å². The van der Waals surface area contributed by atoms with Gasteiger partial charge in [-0.05, 0) is 42.5 Å². The third-order valence-corrected chi connectivity index (χ3v) is 6.78. The lowest BCUT2D eigenvalue weighted by atomic mass is 10.1. The van der Waals surface area contributed by atoms with E-state index in [1.807, 2.05) is 66.7 Å². The largest absolute Gasteiger partial charge is 0.309 e. The SMILES string of the molecule is N#Cc1ccc2c(c1)c1ccccc1n2-c1cc(C#N)nc(-n2c3ccccc3c3ccccc32)c1. The Hall–Kier alpha value is -5.39. The summed E-state index contributed by atoms with van der Waals surface area (Å²) in [6.07, 6.45) is 0. The second-order valence-electron chi connectivity index (χ2n) is 8.75. The molecule has 7 rings (SSSR count). The smallest absolute Gasteiger partial charge is 0.145 e. The van der Waals surface area contributed by atoms with Gasteiger partial charge in [0, 0.05) is 27.6 Å². The lowest BCUT2D eigenvalue weighted by Crippen LogP contribution is -2.03. The summed E-state index contributed by atoms with van der Waals surface area (Å²) in [6.45, 7) is 0. The van der Waals surface area contributed by atoms with Gasteiger partial charge in [0.15, 0.2) is 0 Å². The topological polar surface area (TPSA) is 70.3 Å². The van der Waals surface area contributed by atoms with Gasteiger partial charge in [-0.3, -0.25) is 4.57 Å². The third kappa shape index (κ3) is 2.78. The average Bonchev–Trinajstić information content (AvgIpc) is 3.45. The summed E-state index contributed by atoms with van der Waals surface area (Å²) >= 11 is 0. The summed E-state index contributed by atoms with van der Waals surface area (Å²) in [5.41, 5.74) is 5.84. The molecule has 0 aliphatic heterocycles. The highest BCUT2D eigenvalue weighted by molar-refractivity contribution is 6.10. The van der Waals surface area contributed by atoms with Gasteiger partial charge in [-0.15, -0.1) is 0 Å². The Morgan fingerprint density at radius 3 is 1.69 bits per heavy atom. The molecular weight excluding hydrogens is 442 g/mol. The summed E-state index contributed by atoms with van der Waals surface area (Å²) in [6, 6.07) is 38.7. The predicted octanol–water partition coefficient (Wildman–Crippen LogP) is 7.02. The van der Waals surface area contributed by atoms with Crippen LogP contribution in [0.4, 0.5) is 0 Å². The van der Waals surface area contributed by atoms with Gasteiger partial charge in [0.1, 0.15) is 17.6 Å². The maximum atomic E-state index is 9.94. The molecule has 0 bridgehead atoms. The lowest BCUT2D eigenvalue weighted by Gasteiger charge is -2.12. The normalized spacial score (nSPS) is 11.3. The zero-order chi connectivity index (χ0) is 24.2. The number of benzene rings is 4. The molecule has 0 spiro atoms. The van der Waals surface area contributed by atoms with Crippen LogP contribution in [0.15, 0.2) is 103 Å². The van der Waals surface area contributed by atoms with Gasteiger partial charge in [-0.25, -0.2) is 4.98 Å². The molecule has 7 aromatic rings. The van der Waals surface area contributed by atoms with Gasteiger partial charge in [0.25, 0.3) is 0 Å². The van der Waals surface area contributed by atoms with Crippen molar-refractivity contribution >= 4 is 43.6 Å². The molecule has 0 aliphatic carbocycles. The standard InChI is InChI=1S/C31H17N5/c32-18-20-13-14-30-26(15-20)25-9-3-4-10-27(25)35(30)22-16-21(19-33)34-31(17-22)36-28-11-5-1-7-23(28)24-8-2-6-12-29(24)36/h1-17H. The highest BCUT2D eigenvalue weighted by Crippen LogP contribution is 2.35. The van der Waals surface area contributed by atoms with Gasteiger partial charge in [-0.2, -0.15) is 10.5 Å². The molecule has 0 radical (unpaired) electrons. The van der Waals surface area contributed by atoms with Crippen molar-refractivity contribution in [1.29, 1.82) is 10.5 Å². The number of hydrogen-bond acceptors (Lipinski definition) is 3. The van der Waals surface area contributed by atoms with Crippen molar-refractivity contribution in [3.05, 3.63) is 114 Å². The molecule has 0 unspecified atom stereocenters. The van der Waals surface area contributed by atoms with Gasteiger partial charge < -0.3 is 4.57 Å². The van der Waals surface area contributed by atoms with E-state index in [0.717, 1.165) is 49.3 Å². The molecule has 3 heterocycles. The number of pyridine rings is 1. The molecule has 0 atom stereocenters.